The number of nitrogens with zero attached hydrogens (tertiary/aromatic N) is 1. The summed E-state index contributed by atoms with van der Waals surface area (Å²) in [6.45, 7) is 11.3. The van der Waals surface area contributed by atoms with Crippen molar-refractivity contribution in [2.45, 2.75) is 58.5 Å². The van der Waals surface area contributed by atoms with Crippen LogP contribution in [-0.2, 0) is 9.53 Å². The molecular weight excluding hydrogens is 228 g/mol. The Kier molecular flexibility index (Phi) is 6.09. The summed E-state index contributed by atoms with van der Waals surface area (Å²) >= 11 is 0. The van der Waals surface area contributed by atoms with E-state index in [0.717, 1.165) is 26.1 Å². The highest BCUT2D eigenvalue weighted by molar-refractivity contribution is 5.80. The summed E-state index contributed by atoms with van der Waals surface area (Å²) in [6.07, 6.45) is 3.46. The van der Waals surface area contributed by atoms with Crippen LogP contribution in [0.5, 0.6) is 0 Å². The zero-order valence-corrected chi connectivity index (χ0v) is 12.3. The minimum Gasteiger partial charge on any atom is -0.465 e. The molecule has 0 saturated heterocycles. The van der Waals surface area contributed by atoms with E-state index < -0.39 is 5.54 Å². The Balaban J connectivity index is 2.65. The fourth-order valence-electron chi connectivity index (χ4n) is 2.25. The van der Waals surface area contributed by atoms with E-state index in [9.17, 15) is 4.79 Å². The third kappa shape index (κ3) is 4.58. The van der Waals surface area contributed by atoms with Crippen molar-refractivity contribution in [2.24, 2.45) is 0 Å². The van der Waals surface area contributed by atoms with E-state index in [1.807, 2.05) is 13.8 Å². The Morgan fingerprint density at radius 3 is 2.50 bits per heavy atom. The van der Waals surface area contributed by atoms with Crippen molar-refractivity contribution >= 4 is 5.97 Å². The largest absolute Gasteiger partial charge is 0.465 e. The van der Waals surface area contributed by atoms with Gasteiger partial charge in [0.05, 0.1) is 6.61 Å². The molecule has 0 amide bonds. The van der Waals surface area contributed by atoms with Crippen molar-refractivity contribution in [3.05, 3.63) is 0 Å². The first-order chi connectivity index (χ1) is 8.55. The molecule has 18 heavy (non-hydrogen) atoms. The fourth-order valence-corrected chi connectivity index (χ4v) is 2.25. The number of carbonyl (C=O) groups is 1. The van der Waals surface area contributed by atoms with E-state index in [1.165, 1.54) is 12.8 Å². The van der Waals surface area contributed by atoms with Crippen LogP contribution in [0.1, 0.15) is 47.0 Å². The average Bonchev–Trinajstić information content (AvgIpc) is 3.12. The lowest BCUT2D eigenvalue weighted by atomic mass is 10.0. The predicted molar refractivity (Wildman–Crippen MR) is 73.6 cm³/mol. The third-order valence-corrected chi connectivity index (χ3v) is 3.35. The van der Waals surface area contributed by atoms with Gasteiger partial charge in [0.25, 0.3) is 0 Å². The topological polar surface area (TPSA) is 41.6 Å². The maximum absolute atomic E-state index is 12.2. The lowest BCUT2D eigenvalue weighted by molar-refractivity contribution is -0.151. The van der Waals surface area contributed by atoms with Crippen LogP contribution in [0.25, 0.3) is 0 Å². The number of likely N-dealkylation sites (N-methyl/N-ethyl adjacent to an activating group) is 1. The smallest absolute Gasteiger partial charge is 0.327 e. The molecule has 0 heterocycles. The van der Waals surface area contributed by atoms with Gasteiger partial charge in [0, 0.05) is 12.6 Å². The Bertz CT molecular complexity index is 267. The number of esters is 1. The molecule has 4 nitrogen and oxygen atoms in total. The molecule has 1 fully saturated rings. The van der Waals surface area contributed by atoms with Crippen molar-refractivity contribution in [1.82, 2.24) is 10.2 Å². The molecule has 1 saturated carbocycles. The van der Waals surface area contributed by atoms with Gasteiger partial charge in [0.1, 0.15) is 5.54 Å². The van der Waals surface area contributed by atoms with Crippen LogP contribution in [0.4, 0.5) is 0 Å². The van der Waals surface area contributed by atoms with Crippen molar-refractivity contribution in [3.63, 3.8) is 0 Å². The van der Waals surface area contributed by atoms with Gasteiger partial charge in [0.15, 0.2) is 0 Å². The second-order valence-corrected chi connectivity index (χ2v) is 5.34. The minimum absolute atomic E-state index is 0.119. The van der Waals surface area contributed by atoms with Crippen LogP contribution in [0.15, 0.2) is 0 Å². The van der Waals surface area contributed by atoms with E-state index in [4.69, 9.17) is 4.74 Å². The normalized spacial score (nSPS) is 18.7. The third-order valence-electron chi connectivity index (χ3n) is 3.35. The highest BCUT2D eigenvalue weighted by atomic mass is 16.5. The van der Waals surface area contributed by atoms with Gasteiger partial charge in [-0.1, -0.05) is 13.8 Å². The van der Waals surface area contributed by atoms with Gasteiger partial charge in [-0.2, -0.15) is 0 Å². The zero-order chi connectivity index (χ0) is 13.6. The molecule has 1 rings (SSSR count). The Morgan fingerprint density at radius 2 is 2.06 bits per heavy atom. The van der Waals surface area contributed by atoms with E-state index in [-0.39, 0.29) is 5.97 Å². The molecule has 0 radical (unpaired) electrons. The van der Waals surface area contributed by atoms with Crippen molar-refractivity contribution in [3.8, 4) is 0 Å². The summed E-state index contributed by atoms with van der Waals surface area (Å²) in [5.41, 5.74) is -0.567. The van der Waals surface area contributed by atoms with Gasteiger partial charge >= 0.3 is 5.97 Å². The van der Waals surface area contributed by atoms with E-state index >= 15 is 0 Å². The molecule has 1 N–H and O–H groups in total. The van der Waals surface area contributed by atoms with Crippen LogP contribution in [0.3, 0.4) is 0 Å². The summed E-state index contributed by atoms with van der Waals surface area (Å²) in [7, 11) is 0. The molecular formula is C14H28N2O2. The number of carbonyl (C=O) groups excluding carboxylic acids is 1. The molecule has 1 aliphatic rings. The number of nitrogens with one attached hydrogen (secondary N) is 1. The first-order valence-electron chi connectivity index (χ1n) is 7.23. The van der Waals surface area contributed by atoms with Gasteiger partial charge in [-0.05, 0) is 46.2 Å². The maximum atomic E-state index is 12.2. The second kappa shape index (κ2) is 7.10. The molecule has 0 aliphatic heterocycles. The minimum atomic E-state index is -0.567. The molecule has 106 valence electrons. The Morgan fingerprint density at radius 1 is 1.39 bits per heavy atom. The van der Waals surface area contributed by atoms with Gasteiger partial charge < -0.3 is 9.64 Å². The molecule has 0 bridgehead atoms. The SMILES string of the molecule is CCCN(CC)CC(C)(NC1CC1)C(=O)OCC. The predicted octanol–water partition coefficient (Wildman–Crippen LogP) is 1.79. The zero-order valence-electron chi connectivity index (χ0n) is 12.3. The van der Waals surface area contributed by atoms with Crippen molar-refractivity contribution in [2.75, 3.05) is 26.2 Å². The highest BCUT2D eigenvalue weighted by Gasteiger charge is 2.40. The van der Waals surface area contributed by atoms with Gasteiger partial charge in [-0.25, -0.2) is 0 Å². The van der Waals surface area contributed by atoms with Gasteiger partial charge in [-0.15, -0.1) is 0 Å². The summed E-state index contributed by atoms with van der Waals surface area (Å²) in [5, 5.41) is 3.46. The first-order valence-corrected chi connectivity index (χ1v) is 7.23. The van der Waals surface area contributed by atoms with Crippen LogP contribution < -0.4 is 5.32 Å². The standard InChI is InChI=1S/C14H28N2O2/c1-5-10-16(6-2)11-14(4,13(17)18-7-3)15-12-8-9-12/h12,15H,5-11H2,1-4H3. The van der Waals surface area contributed by atoms with Gasteiger partial charge in [-0.3, -0.25) is 10.1 Å². The summed E-state index contributed by atoms with van der Waals surface area (Å²) in [6, 6.07) is 0.500. The molecule has 4 heteroatoms. The molecule has 0 aromatic rings. The quantitative estimate of drug-likeness (QED) is 0.639. The summed E-state index contributed by atoms with van der Waals surface area (Å²) in [4.78, 5) is 14.5. The molecule has 0 aromatic heterocycles. The monoisotopic (exact) mass is 256 g/mol. The average molecular weight is 256 g/mol. The molecule has 0 aromatic carbocycles. The van der Waals surface area contributed by atoms with E-state index in [2.05, 4.69) is 24.1 Å². The summed E-state index contributed by atoms with van der Waals surface area (Å²) in [5.74, 6) is -0.119. The molecule has 1 unspecified atom stereocenters. The van der Waals surface area contributed by atoms with Crippen LogP contribution in [-0.4, -0.2) is 48.7 Å². The maximum Gasteiger partial charge on any atom is 0.327 e. The lowest BCUT2D eigenvalue weighted by Gasteiger charge is -2.34. The van der Waals surface area contributed by atoms with Crippen molar-refractivity contribution < 1.29 is 9.53 Å². The van der Waals surface area contributed by atoms with Crippen molar-refractivity contribution in [1.29, 1.82) is 0 Å². The van der Waals surface area contributed by atoms with Crippen LogP contribution >= 0.6 is 0 Å². The number of ether oxygens (including phenoxy) is 1. The summed E-state index contributed by atoms with van der Waals surface area (Å²) < 4.78 is 5.23. The van der Waals surface area contributed by atoms with E-state index in [1.54, 1.807) is 0 Å². The first kappa shape index (κ1) is 15.4. The number of hydrogen-bond donors (Lipinski definition) is 1. The highest BCUT2D eigenvalue weighted by Crippen LogP contribution is 2.24. The molecule has 0 spiro atoms. The second-order valence-electron chi connectivity index (χ2n) is 5.34. The molecule has 1 atom stereocenters. The van der Waals surface area contributed by atoms with Gasteiger partial charge in [0.2, 0.25) is 0 Å². The van der Waals surface area contributed by atoms with E-state index in [0.29, 0.717) is 12.6 Å². The Hall–Kier alpha value is -0.610. The van der Waals surface area contributed by atoms with Crippen LogP contribution in [0.2, 0.25) is 0 Å². The Labute approximate surface area is 111 Å². The number of rotatable bonds is 9. The fraction of sp³-hybridized carbons (Fsp3) is 0.929. The number of hydrogen-bond acceptors (Lipinski definition) is 4. The van der Waals surface area contributed by atoms with Crippen LogP contribution in [0, 0.1) is 0 Å². The lowest BCUT2D eigenvalue weighted by Crippen LogP contribution is -2.58. The molecule has 1 aliphatic carbocycles.